The standard InChI is InChI=1S/C12H10F3N3O2/c1-7-2-3-10-8(6-7)12(19)18(17-16-10)20-5-4-9(13)11(14)15/h2-3,6H,4-5H2,1H3. The predicted octanol–water partition coefficient (Wildman–Crippen LogP) is 2.00. The van der Waals surface area contributed by atoms with Gasteiger partial charge in [0, 0.05) is 6.42 Å². The number of hydrogen-bond donors (Lipinski definition) is 0. The Balaban J connectivity index is 2.21. The van der Waals surface area contributed by atoms with E-state index in [-0.39, 0.29) is 5.39 Å². The molecule has 2 rings (SSSR count). The predicted molar refractivity (Wildman–Crippen MR) is 64.9 cm³/mol. The van der Waals surface area contributed by atoms with Crippen molar-refractivity contribution in [2.24, 2.45) is 0 Å². The van der Waals surface area contributed by atoms with Gasteiger partial charge in [-0.05, 0) is 29.1 Å². The molecule has 1 heterocycles. The molecule has 0 unspecified atom stereocenters. The molecule has 0 aliphatic rings. The maximum Gasteiger partial charge on any atom is 0.314 e. The summed E-state index contributed by atoms with van der Waals surface area (Å²) in [6.45, 7) is 1.35. The van der Waals surface area contributed by atoms with E-state index in [9.17, 15) is 18.0 Å². The molecule has 20 heavy (non-hydrogen) atoms. The van der Waals surface area contributed by atoms with Gasteiger partial charge in [0.15, 0.2) is 5.83 Å². The topological polar surface area (TPSA) is 57.0 Å². The molecule has 0 bridgehead atoms. The van der Waals surface area contributed by atoms with Crippen LogP contribution in [0, 0.1) is 6.92 Å². The van der Waals surface area contributed by atoms with Crippen LogP contribution in [0.3, 0.4) is 0 Å². The van der Waals surface area contributed by atoms with Crippen LogP contribution in [0.25, 0.3) is 10.9 Å². The summed E-state index contributed by atoms with van der Waals surface area (Å²) in [6.07, 6.45) is -3.05. The number of benzene rings is 1. The maximum absolute atomic E-state index is 12.6. The van der Waals surface area contributed by atoms with Gasteiger partial charge in [-0.2, -0.15) is 8.78 Å². The van der Waals surface area contributed by atoms with Crippen LogP contribution >= 0.6 is 0 Å². The normalized spacial score (nSPS) is 10.6. The zero-order valence-electron chi connectivity index (χ0n) is 10.4. The van der Waals surface area contributed by atoms with Crippen LogP contribution in [0.4, 0.5) is 13.2 Å². The molecule has 0 spiro atoms. The van der Waals surface area contributed by atoms with Crippen molar-refractivity contribution >= 4 is 10.9 Å². The third-order valence-corrected chi connectivity index (χ3v) is 2.53. The van der Waals surface area contributed by atoms with E-state index in [2.05, 4.69) is 10.3 Å². The van der Waals surface area contributed by atoms with Crippen molar-refractivity contribution < 1.29 is 18.0 Å². The number of rotatable bonds is 4. The van der Waals surface area contributed by atoms with Crippen molar-refractivity contribution in [2.75, 3.05) is 6.61 Å². The van der Waals surface area contributed by atoms with Gasteiger partial charge in [-0.15, -0.1) is 5.10 Å². The van der Waals surface area contributed by atoms with Gasteiger partial charge >= 0.3 is 11.6 Å². The average molecular weight is 285 g/mol. The van der Waals surface area contributed by atoms with Crippen LogP contribution in [-0.2, 0) is 0 Å². The van der Waals surface area contributed by atoms with Crippen molar-refractivity contribution in [3.8, 4) is 0 Å². The minimum atomic E-state index is -2.40. The molecule has 0 saturated heterocycles. The molecule has 0 saturated carbocycles. The van der Waals surface area contributed by atoms with Crippen molar-refractivity contribution in [2.45, 2.75) is 13.3 Å². The molecule has 1 aromatic heterocycles. The summed E-state index contributed by atoms with van der Waals surface area (Å²) in [7, 11) is 0. The van der Waals surface area contributed by atoms with E-state index < -0.39 is 30.5 Å². The van der Waals surface area contributed by atoms with Gasteiger partial charge in [-0.25, -0.2) is 4.39 Å². The Hall–Kier alpha value is -2.38. The number of hydrogen-bond acceptors (Lipinski definition) is 4. The maximum atomic E-state index is 12.6. The van der Waals surface area contributed by atoms with Gasteiger partial charge in [0.05, 0.1) is 5.39 Å². The number of nitrogens with zero attached hydrogens (tertiary/aromatic N) is 3. The van der Waals surface area contributed by atoms with Gasteiger partial charge in [-0.3, -0.25) is 4.79 Å². The van der Waals surface area contributed by atoms with Crippen LogP contribution in [0.2, 0.25) is 0 Å². The van der Waals surface area contributed by atoms with Gasteiger partial charge < -0.3 is 4.84 Å². The molecule has 0 amide bonds. The molecule has 0 radical (unpaired) electrons. The second-order valence-electron chi connectivity index (χ2n) is 4.04. The Kier molecular flexibility index (Phi) is 4.02. The average Bonchev–Trinajstić information content (AvgIpc) is 2.41. The summed E-state index contributed by atoms with van der Waals surface area (Å²) >= 11 is 0. The summed E-state index contributed by atoms with van der Waals surface area (Å²) in [5.41, 5.74) is 0.660. The zero-order chi connectivity index (χ0) is 14.7. The van der Waals surface area contributed by atoms with Gasteiger partial charge in [0.1, 0.15) is 12.1 Å². The number of aromatic nitrogens is 3. The minimum absolute atomic E-state index is 0.285. The fourth-order valence-corrected chi connectivity index (χ4v) is 1.54. The lowest BCUT2D eigenvalue weighted by molar-refractivity contribution is 0.0659. The van der Waals surface area contributed by atoms with Crippen molar-refractivity contribution in [1.29, 1.82) is 0 Å². The quantitative estimate of drug-likeness (QED) is 0.862. The molecule has 0 fully saturated rings. The number of halogens is 3. The van der Waals surface area contributed by atoms with Gasteiger partial charge in [0.25, 0.3) is 0 Å². The first kappa shape index (κ1) is 14.0. The molecule has 1 aromatic carbocycles. The van der Waals surface area contributed by atoms with Crippen LogP contribution in [0.15, 0.2) is 34.9 Å². The molecular weight excluding hydrogens is 275 g/mol. The summed E-state index contributed by atoms with van der Waals surface area (Å²) in [6, 6.07) is 5.00. The van der Waals surface area contributed by atoms with Crippen LogP contribution in [0.5, 0.6) is 0 Å². The second kappa shape index (κ2) is 5.72. The Morgan fingerprint density at radius 1 is 1.35 bits per heavy atom. The smallest absolute Gasteiger partial charge is 0.314 e. The lowest BCUT2D eigenvalue weighted by Gasteiger charge is -2.06. The molecule has 0 atom stereocenters. The Morgan fingerprint density at radius 2 is 2.10 bits per heavy atom. The van der Waals surface area contributed by atoms with Crippen LogP contribution in [-0.4, -0.2) is 21.8 Å². The summed E-state index contributed by atoms with van der Waals surface area (Å²) in [5, 5.41) is 7.52. The highest BCUT2D eigenvalue weighted by atomic mass is 19.3. The van der Waals surface area contributed by atoms with Gasteiger partial charge in [-0.1, -0.05) is 11.6 Å². The van der Waals surface area contributed by atoms with Crippen LogP contribution in [0.1, 0.15) is 12.0 Å². The highest BCUT2D eigenvalue weighted by molar-refractivity contribution is 5.77. The van der Waals surface area contributed by atoms with E-state index in [1.165, 1.54) is 0 Å². The SMILES string of the molecule is Cc1ccc2nnn(OCCC(F)=C(F)F)c(=O)c2c1. The molecule has 0 N–H and O–H groups in total. The Morgan fingerprint density at radius 3 is 2.80 bits per heavy atom. The lowest BCUT2D eigenvalue weighted by atomic mass is 10.2. The van der Waals surface area contributed by atoms with E-state index in [0.29, 0.717) is 10.4 Å². The molecule has 5 nitrogen and oxygen atoms in total. The summed E-state index contributed by atoms with van der Waals surface area (Å²) < 4.78 is 36.2. The van der Waals surface area contributed by atoms with E-state index >= 15 is 0 Å². The highest BCUT2D eigenvalue weighted by Gasteiger charge is 2.09. The Bertz CT molecular complexity index is 723. The second-order valence-corrected chi connectivity index (χ2v) is 4.04. The fourth-order valence-electron chi connectivity index (χ4n) is 1.54. The van der Waals surface area contributed by atoms with Crippen LogP contribution < -0.4 is 10.4 Å². The molecule has 2 aromatic rings. The largest absolute Gasteiger partial charge is 0.392 e. The molecule has 0 aliphatic heterocycles. The number of aryl methyl sites for hydroxylation is 1. The molecule has 8 heteroatoms. The molecule has 0 aliphatic carbocycles. The minimum Gasteiger partial charge on any atom is -0.392 e. The van der Waals surface area contributed by atoms with Crippen molar-refractivity contribution in [3.05, 3.63) is 46.0 Å². The first-order valence-corrected chi connectivity index (χ1v) is 5.68. The summed E-state index contributed by atoms with van der Waals surface area (Å²) in [4.78, 5) is 17.4. The lowest BCUT2D eigenvalue weighted by Crippen LogP contribution is -2.31. The van der Waals surface area contributed by atoms with E-state index in [1.807, 2.05) is 0 Å². The third kappa shape index (κ3) is 2.95. The van der Waals surface area contributed by atoms with Crippen molar-refractivity contribution in [1.82, 2.24) is 15.2 Å². The summed E-state index contributed by atoms with van der Waals surface area (Å²) in [5.74, 6) is -1.58. The molecular formula is C12H10F3N3O2. The first-order chi connectivity index (χ1) is 9.49. The van der Waals surface area contributed by atoms with Crippen molar-refractivity contribution in [3.63, 3.8) is 0 Å². The van der Waals surface area contributed by atoms with Gasteiger partial charge in [0.2, 0.25) is 0 Å². The van der Waals surface area contributed by atoms with E-state index in [4.69, 9.17) is 4.84 Å². The zero-order valence-corrected chi connectivity index (χ0v) is 10.4. The monoisotopic (exact) mass is 285 g/mol. The molecule has 106 valence electrons. The Labute approximate surface area is 111 Å². The fraction of sp³-hybridized carbons (Fsp3) is 0.250. The highest BCUT2D eigenvalue weighted by Crippen LogP contribution is 2.12. The number of fused-ring (bicyclic) bond motifs is 1. The van der Waals surface area contributed by atoms with E-state index in [1.54, 1.807) is 25.1 Å². The first-order valence-electron chi connectivity index (χ1n) is 5.68. The third-order valence-electron chi connectivity index (χ3n) is 2.53. The van der Waals surface area contributed by atoms with E-state index in [0.717, 1.165) is 5.56 Å².